The third kappa shape index (κ3) is 4.74. The summed E-state index contributed by atoms with van der Waals surface area (Å²) in [5.41, 5.74) is 1.90. The first kappa shape index (κ1) is 13.8. The molecule has 0 spiro atoms. The van der Waals surface area contributed by atoms with E-state index in [1.807, 2.05) is 45.7 Å². The number of rotatable bonds is 3. The third-order valence-electron chi connectivity index (χ3n) is 1.75. The molecule has 0 aliphatic carbocycles. The van der Waals surface area contributed by atoms with Gasteiger partial charge in [-0.25, -0.2) is 9.97 Å². The SMILES string of the molecule is CC.Cc1cc(C)nc(N(C)CCO)n1. The molecule has 0 fully saturated rings. The maximum Gasteiger partial charge on any atom is 0.225 e. The topological polar surface area (TPSA) is 49.2 Å². The standard InChI is InChI=1S/C9H15N3O.C2H6/c1-7-6-8(2)11-9(10-7)12(3)4-5-13;1-2/h6,13H,4-5H2,1-3H3;1-2H3. The molecule has 1 aromatic heterocycles. The van der Waals surface area contributed by atoms with Gasteiger partial charge >= 0.3 is 0 Å². The van der Waals surface area contributed by atoms with Gasteiger partial charge in [-0.2, -0.15) is 0 Å². The summed E-state index contributed by atoms with van der Waals surface area (Å²) in [5.74, 6) is 0.673. The molecule has 15 heavy (non-hydrogen) atoms. The fraction of sp³-hybridized carbons (Fsp3) is 0.636. The van der Waals surface area contributed by atoms with E-state index in [-0.39, 0.29) is 6.61 Å². The van der Waals surface area contributed by atoms with Gasteiger partial charge in [0.2, 0.25) is 5.95 Å². The molecule has 0 bridgehead atoms. The van der Waals surface area contributed by atoms with Crippen LogP contribution in [0.2, 0.25) is 0 Å². The number of hydrogen-bond acceptors (Lipinski definition) is 4. The molecule has 0 aliphatic heterocycles. The molecular weight excluding hydrogens is 190 g/mol. The highest BCUT2D eigenvalue weighted by atomic mass is 16.3. The fourth-order valence-corrected chi connectivity index (χ4v) is 1.13. The Balaban J connectivity index is 0.000000921. The Morgan fingerprint density at radius 3 is 2.07 bits per heavy atom. The summed E-state index contributed by atoms with van der Waals surface area (Å²) < 4.78 is 0. The molecule has 4 nitrogen and oxygen atoms in total. The van der Waals surface area contributed by atoms with Gasteiger partial charge in [0.15, 0.2) is 0 Å². The van der Waals surface area contributed by atoms with E-state index in [0.717, 1.165) is 11.4 Å². The van der Waals surface area contributed by atoms with Gasteiger partial charge in [-0.3, -0.25) is 0 Å². The van der Waals surface area contributed by atoms with Crippen LogP contribution >= 0.6 is 0 Å². The van der Waals surface area contributed by atoms with Gasteiger partial charge in [0.05, 0.1) is 6.61 Å². The summed E-state index contributed by atoms with van der Waals surface area (Å²) in [5, 5.41) is 8.74. The molecule has 1 aromatic rings. The molecule has 0 unspecified atom stereocenters. The normalized spacial score (nSPS) is 9.20. The highest BCUT2D eigenvalue weighted by Gasteiger charge is 2.04. The minimum atomic E-state index is 0.118. The van der Waals surface area contributed by atoms with Gasteiger partial charge in [-0.1, -0.05) is 13.8 Å². The average molecular weight is 211 g/mol. The predicted molar refractivity (Wildman–Crippen MR) is 63.2 cm³/mol. The summed E-state index contributed by atoms with van der Waals surface area (Å²) in [4.78, 5) is 10.3. The summed E-state index contributed by atoms with van der Waals surface area (Å²) in [6.45, 7) is 8.55. The van der Waals surface area contributed by atoms with Crippen molar-refractivity contribution in [2.24, 2.45) is 0 Å². The third-order valence-corrected chi connectivity index (χ3v) is 1.75. The van der Waals surface area contributed by atoms with Crippen LogP contribution in [0.4, 0.5) is 5.95 Å². The summed E-state index contributed by atoms with van der Waals surface area (Å²) in [7, 11) is 1.87. The number of nitrogens with zero attached hydrogens (tertiary/aromatic N) is 3. The molecule has 0 radical (unpaired) electrons. The first-order chi connectivity index (χ1) is 7.13. The second-order valence-corrected chi connectivity index (χ2v) is 3.10. The van der Waals surface area contributed by atoms with Gasteiger partial charge in [-0.15, -0.1) is 0 Å². The molecule has 86 valence electrons. The van der Waals surface area contributed by atoms with Crippen molar-refractivity contribution >= 4 is 5.95 Å². The van der Waals surface area contributed by atoms with Crippen molar-refractivity contribution in [3.8, 4) is 0 Å². The zero-order chi connectivity index (χ0) is 11.8. The van der Waals surface area contributed by atoms with Crippen molar-refractivity contribution in [3.05, 3.63) is 17.5 Å². The van der Waals surface area contributed by atoms with E-state index < -0.39 is 0 Å². The van der Waals surface area contributed by atoms with Crippen LogP contribution in [0.1, 0.15) is 25.2 Å². The zero-order valence-electron chi connectivity index (χ0n) is 10.3. The summed E-state index contributed by atoms with van der Waals surface area (Å²) in [6, 6.07) is 1.93. The predicted octanol–water partition coefficient (Wildman–Crippen LogP) is 1.55. The highest BCUT2D eigenvalue weighted by Crippen LogP contribution is 2.07. The summed E-state index contributed by atoms with van der Waals surface area (Å²) in [6.07, 6.45) is 0. The second-order valence-electron chi connectivity index (χ2n) is 3.10. The Morgan fingerprint density at radius 2 is 1.67 bits per heavy atom. The van der Waals surface area contributed by atoms with Gasteiger partial charge < -0.3 is 10.0 Å². The van der Waals surface area contributed by atoms with E-state index >= 15 is 0 Å². The molecule has 0 aliphatic rings. The van der Waals surface area contributed by atoms with E-state index in [0.29, 0.717) is 12.5 Å². The zero-order valence-corrected chi connectivity index (χ0v) is 10.3. The minimum Gasteiger partial charge on any atom is -0.395 e. The Labute approximate surface area is 92.0 Å². The van der Waals surface area contributed by atoms with Crippen LogP contribution in [-0.4, -0.2) is 35.3 Å². The van der Waals surface area contributed by atoms with Gasteiger partial charge in [0.25, 0.3) is 0 Å². The lowest BCUT2D eigenvalue weighted by Crippen LogP contribution is -2.23. The van der Waals surface area contributed by atoms with Gasteiger partial charge in [0.1, 0.15) is 0 Å². The molecule has 1 heterocycles. The van der Waals surface area contributed by atoms with Crippen molar-refractivity contribution < 1.29 is 5.11 Å². The number of likely N-dealkylation sites (N-methyl/N-ethyl adjacent to an activating group) is 1. The Hall–Kier alpha value is -1.16. The second kappa shape index (κ2) is 7.17. The number of aryl methyl sites for hydroxylation is 2. The molecule has 0 atom stereocenters. The number of aliphatic hydroxyl groups excluding tert-OH is 1. The van der Waals surface area contributed by atoms with Crippen LogP contribution in [0.3, 0.4) is 0 Å². The smallest absolute Gasteiger partial charge is 0.225 e. The number of anilines is 1. The van der Waals surface area contributed by atoms with Crippen LogP contribution in [0.15, 0.2) is 6.07 Å². The van der Waals surface area contributed by atoms with E-state index in [1.54, 1.807) is 0 Å². The maximum atomic E-state index is 8.74. The molecular formula is C11H21N3O. The molecule has 0 amide bonds. The van der Waals surface area contributed by atoms with E-state index in [1.165, 1.54) is 0 Å². The van der Waals surface area contributed by atoms with Crippen molar-refractivity contribution in [2.75, 3.05) is 25.1 Å². The van der Waals surface area contributed by atoms with Crippen LogP contribution in [0.25, 0.3) is 0 Å². The molecule has 4 heteroatoms. The lowest BCUT2D eigenvalue weighted by molar-refractivity contribution is 0.303. The molecule has 1 N–H and O–H groups in total. The fourth-order valence-electron chi connectivity index (χ4n) is 1.13. The van der Waals surface area contributed by atoms with E-state index in [4.69, 9.17) is 5.11 Å². The van der Waals surface area contributed by atoms with Crippen LogP contribution in [0, 0.1) is 13.8 Å². The maximum absolute atomic E-state index is 8.74. The first-order valence-electron chi connectivity index (χ1n) is 5.28. The largest absolute Gasteiger partial charge is 0.395 e. The van der Waals surface area contributed by atoms with Crippen LogP contribution in [-0.2, 0) is 0 Å². The van der Waals surface area contributed by atoms with Crippen molar-refractivity contribution in [2.45, 2.75) is 27.7 Å². The van der Waals surface area contributed by atoms with Crippen LogP contribution < -0.4 is 4.90 Å². The molecule has 0 saturated heterocycles. The van der Waals surface area contributed by atoms with E-state index in [9.17, 15) is 0 Å². The lowest BCUT2D eigenvalue weighted by Gasteiger charge is -2.15. The number of aliphatic hydroxyl groups is 1. The van der Waals surface area contributed by atoms with E-state index in [2.05, 4.69) is 9.97 Å². The molecule has 0 saturated carbocycles. The first-order valence-corrected chi connectivity index (χ1v) is 5.28. The Morgan fingerprint density at radius 1 is 1.20 bits per heavy atom. The van der Waals surface area contributed by atoms with Gasteiger partial charge in [-0.05, 0) is 19.9 Å². The Bertz CT molecular complexity index is 269. The molecule has 1 rings (SSSR count). The Kier molecular flexibility index (Phi) is 6.62. The van der Waals surface area contributed by atoms with Crippen molar-refractivity contribution in [1.82, 2.24) is 9.97 Å². The number of aromatic nitrogens is 2. The summed E-state index contributed by atoms with van der Waals surface area (Å²) >= 11 is 0. The van der Waals surface area contributed by atoms with Crippen molar-refractivity contribution in [3.63, 3.8) is 0 Å². The van der Waals surface area contributed by atoms with Crippen molar-refractivity contribution in [1.29, 1.82) is 0 Å². The van der Waals surface area contributed by atoms with Gasteiger partial charge in [0, 0.05) is 25.0 Å². The minimum absolute atomic E-state index is 0.118. The lowest BCUT2D eigenvalue weighted by atomic mass is 10.3. The number of hydrogen-bond donors (Lipinski definition) is 1. The molecule has 0 aromatic carbocycles. The highest BCUT2D eigenvalue weighted by molar-refractivity contribution is 5.30. The van der Waals surface area contributed by atoms with Crippen LogP contribution in [0.5, 0.6) is 0 Å². The monoisotopic (exact) mass is 211 g/mol. The average Bonchev–Trinajstić information content (AvgIpc) is 2.20. The quantitative estimate of drug-likeness (QED) is 0.824.